The molecular weight excluding hydrogens is 288 g/mol. The van der Waals surface area contributed by atoms with Crippen molar-refractivity contribution >= 4 is 11.5 Å². The smallest absolute Gasteiger partial charge is 0.147 e. The third kappa shape index (κ3) is 3.64. The predicted octanol–water partition coefficient (Wildman–Crippen LogP) is 2.83. The van der Waals surface area contributed by atoms with E-state index in [1.807, 2.05) is 30.5 Å². The van der Waals surface area contributed by atoms with Gasteiger partial charge in [-0.2, -0.15) is 0 Å². The third-order valence-electron chi connectivity index (χ3n) is 3.55. The van der Waals surface area contributed by atoms with Crippen LogP contribution in [0.5, 0.6) is 0 Å². The number of aliphatic hydroxyl groups excluding tert-OH is 1. The minimum absolute atomic E-state index is 0.113. The molecular formula is C18H18N4O. The first-order chi connectivity index (χ1) is 11.3. The van der Waals surface area contributed by atoms with Gasteiger partial charge in [-0.15, -0.1) is 0 Å². The number of hydrogen-bond acceptors (Lipinski definition) is 5. The number of nitrogen functional groups attached to an aromatic ring is 1. The van der Waals surface area contributed by atoms with Gasteiger partial charge in [0.25, 0.3) is 0 Å². The fourth-order valence-corrected chi connectivity index (χ4v) is 2.35. The highest BCUT2D eigenvalue weighted by Crippen LogP contribution is 2.21. The van der Waals surface area contributed by atoms with Gasteiger partial charge in [0.2, 0.25) is 0 Å². The molecule has 0 atom stereocenters. The van der Waals surface area contributed by atoms with Crippen molar-refractivity contribution in [3.05, 3.63) is 72.2 Å². The van der Waals surface area contributed by atoms with E-state index < -0.39 is 0 Å². The van der Waals surface area contributed by atoms with Crippen LogP contribution in [0.2, 0.25) is 0 Å². The fourth-order valence-electron chi connectivity index (χ4n) is 2.35. The summed E-state index contributed by atoms with van der Waals surface area (Å²) < 4.78 is 0. The van der Waals surface area contributed by atoms with Crippen LogP contribution in [0.3, 0.4) is 0 Å². The van der Waals surface area contributed by atoms with Crippen LogP contribution in [-0.4, -0.2) is 15.1 Å². The SMILES string of the molecule is Nc1nc(CO)ccc1NCc1cccc(-c2cccnc2)c1. The van der Waals surface area contributed by atoms with Crippen molar-refractivity contribution in [1.82, 2.24) is 9.97 Å². The van der Waals surface area contributed by atoms with E-state index in [1.165, 1.54) is 0 Å². The van der Waals surface area contributed by atoms with E-state index in [1.54, 1.807) is 12.3 Å². The maximum Gasteiger partial charge on any atom is 0.147 e. The van der Waals surface area contributed by atoms with E-state index in [0.717, 1.165) is 22.4 Å². The number of pyridine rings is 2. The van der Waals surface area contributed by atoms with E-state index in [9.17, 15) is 0 Å². The number of nitrogens with two attached hydrogens (primary N) is 1. The first-order valence-corrected chi connectivity index (χ1v) is 7.36. The Morgan fingerprint density at radius 2 is 1.91 bits per heavy atom. The summed E-state index contributed by atoms with van der Waals surface area (Å²) >= 11 is 0. The first kappa shape index (κ1) is 15.0. The molecule has 0 spiro atoms. The van der Waals surface area contributed by atoms with Gasteiger partial charge < -0.3 is 16.2 Å². The van der Waals surface area contributed by atoms with Crippen LogP contribution >= 0.6 is 0 Å². The highest BCUT2D eigenvalue weighted by molar-refractivity contribution is 5.64. The number of aliphatic hydroxyl groups is 1. The molecule has 0 bridgehead atoms. The maximum absolute atomic E-state index is 9.06. The van der Waals surface area contributed by atoms with Crippen LogP contribution < -0.4 is 11.1 Å². The van der Waals surface area contributed by atoms with Gasteiger partial charge in [-0.1, -0.05) is 24.3 Å². The first-order valence-electron chi connectivity index (χ1n) is 7.36. The molecule has 0 amide bonds. The van der Waals surface area contributed by atoms with E-state index in [2.05, 4.69) is 33.5 Å². The number of hydrogen-bond donors (Lipinski definition) is 3. The minimum atomic E-state index is -0.113. The number of nitrogens with zero attached hydrogens (tertiary/aromatic N) is 2. The fraction of sp³-hybridized carbons (Fsp3) is 0.111. The van der Waals surface area contributed by atoms with E-state index >= 15 is 0 Å². The molecule has 5 nitrogen and oxygen atoms in total. The number of aromatic nitrogens is 2. The Balaban J connectivity index is 1.74. The Labute approximate surface area is 134 Å². The van der Waals surface area contributed by atoms with Crippen LogP contribution in [0.25, 0.3) is 11.1 Å². The van der Waals surface area contributed by atoms with Crippen LogP contribution in [0.15, 0.2) is 60.9 Å². The van der Waals surface area contributed by atoms with Crippen molar-refractivity contribution < 1.29 is 5.11 Å². The van der Waals surface area contributed by atoms with Crippen LogP contribution in [-0.2, 0) is 13.2 Å². The van der Waals surface area contributed by atoms with Crippen molar-refractivity contribution in [3.8, 4) is 11.1 Å². The topological polar surface area (TPSA) is 84.1 Å². The highest BCUT2D eigenvalue weighted by Gasteiger charge is 2.03. The molecule has 0 fully saturated rings. The zero-order chi connectivity index (χ0) is 16.1. The Kier molecular flexibility index (Phi) is 4.49. The molecule has 0 radical (unpaired) electrons. The second-order valence-electron chi connectivity index (χ2n) is 5.19. The summed E-state index contributed by atoms with van der Waals surface area (Å²) in [5.74, 6) is 0.389. The summed E-state index contributed by atoms with van der Waals surface area (Å²) in [7, 11) is 0. The van der Waals surface area contributed by atoms with E-state index in [0.29, 0.717) is 18.1 Å². The summed E-state index contributed by atoms with van der Waals surface area (Å²) in [5.41, 5.74) is 10.6. The van der Waals surface area contributed by atoms with Gasteiger partial charge in [0, 0.05) is 18.9 Å². The normalized spacial score (nSPS) is 10.5. The lowest BCUT2D eigenvalue weighted by Crippen LogP contribution is -2.05. The van der Waals surface area contributed by atoms with E-state index in [4.69, 9.17) is 10.8 Å². The molecule has 4 N–H and O–H groups in total. The van der Waals surface area contributed by atoms with E-state index in [-0.39, 0.29) is 6.61 Å². The highest BCUT2D eigenvalue weighted by atomic mass is 16.3. The summed E-state index contributed by atoms with van der Waals surface area (Å²) in [6.07, 6.45) is 3.61. The Morgan fingerprint density at radius 1 is 1.04 bits per heavy atom. The van der Waals surface area contributed by atoms with Crippen molar-refractivity contribution in [3.63, 3.8) is 0 Å². The average Bonchev–Trinajstić information content (AvgIpc) is 2.61. The molecule has 2 aromatic heterocycles. The zero-order valence-electron chi connectivity index (χ0n) is 12.6. The lowest BCUT2D eigenvalue weighted by atomic mass is 10.0. The van der Waals surface area contributed by atoms with Crippen molar-refractivity contribution in [1.29, 1.82) is 0 Å². The third-order valence-corrected chi connectivity index (χ3v) is 3.55. The lowest BCUT2D eigenvalue weighted by Gasteiger charge is -2.10. The minimum Gasteiger partial charge on any atom is -0.390 e. The molecule has 3 aromatic rings. The largest absolute Gasteiger partial charge is 0.390 e. The summed E-state index contributed by atoms with van der Waals surface area (Å²) in [6, 6.07) is 15.8. The second-order valence-corrected chi connectivity index (χ2v) is 5.19. The van der Waals surface area contributed by atoms with Crippen molar-refractivity contribution in [2.45, 2.75) is 13.2 Å². The Bertz CT molecular complexity index is 790. The van der Waals surface area contributed by atoms with Crippen LogP contribution in [0.1, 0.15) is 11.3 Å². The zero-order valence-corrected chi connectivity index (χ0v) is 12.6. The molecule has 0 aliphatic rings. The standard InChI is InChI=1S/C18H18N4O/c19-18-17(7-6-16(12-23)22-18)21-10-13-3-1-4-14(9-13)15-5-2-8-20-11-15/h1-9,11,21,23H,10,12H2,(H2,19,22). The molecule has 23 heavy (non-hydrogen) atoms. The molecule has 2 heterocycles. The summed E-state index contributed by atoms with van der Waals surface area (Å²) in [5, 5.41) is 12.3. The molecule has 0 saturated heterocycles. The van der Waals surface area contributed by atoms with Gasteiger partial charge in [0.1, 0.15) is 5.82 Å². The Hall–Kier alpha value is -2.92. The van der Waals surface area contributed by atoms with Gasteiger partial charge in [-0.05, 0) is 41.0 Å². The van der Waals surface area contributed by atoms with Gasteiger partial charge in [-0.25, -0.2) is 4.98 Å². The summed E-state index contributed by atoms with van der Waals surface area (Å²) in [4.78, 5) is 8.28. The predicted molar refractivity (Wildman–Crippen MR) is 91.6 cm³/mol. The summed E-state index contributed by atoms with van der Waals surface area (Å²) in [6.45, 7) is 0.524. The lowest BCUT2D eigenvalue weighted by molar-refractivity contribution is 0.277. The van der Waals surface area contributed by atoms with Gasteiger partial charge in [0.05, 0.1) is 18.0 Å². The van der Waals surface area contributed by atoms with Crippen LogP contribution in [0.4, 0.5) is 11.5 Å². The quantitative estimate of drug-likeness (QED) is 0.675. The molecule has 0 saturated carbocycles. The number of rotatable bonds is 5. The molecule has 3 rings (SSSR count). The van der Waals surface area contributed by atoms with Gasteiger partial charge >= 0.3 is 0 Å². The number of benzene rings is 1. The monoisotopic (exact) mass is 306 g/mol. The maximum atomic E-state index is 9.06. The average molecular weight is 306 g/mol. The van der Waals surface area contributed by atoms with Crippen LogP contribution in [0, 0.1) is 0 Å². The second kappa shape index (κ2) is 6.89. The Morgan fingerprint density at radius 3 is 2.65 bits per heavy atom. The number of anilines is 2. The molecule has 0 unspecified atom stereocenters. The molecule has 1 aromatic carbocycles. The van der Waals surface area contributed by atoms with Gasteiger partial charge in [0.15, 0.2) is 0 Å². The van der Waals surface area contributed by atoms with Crippen molar-refractivity contribution in [2.75, 3.05) is 11.1 Å². The van der Waals surface area contributed by atoms with Gasteiger partial charge in [-0.3, -0.25) is 4.98 Å². The van der Waals surface area contributed by atoms with Crippen molar-refractivity contribution in [2.24, 2.45) is 0 Å². The molecule has 116 valence electrons. The molecule has 5 heteroatoms. The molecule has 0 aliphatic heterocycles. The number of nitrogens with one attached hydrogen (secondary N) is 1. The molecule has 0 aliphatic carbocycles.